The van der Waals surface area contributed by atoms with Crippen molar-refractivity contribution in [3.8, 4) is 0 Å². The average molecular weight is 272 g/mol. The molecule has 90 valence electrons. The first-order valence-corrected chi connectivity index (χ1v) is 7.02. The Morgan fingerprint density at radius 3 is 1.28 bits per heavy atom. The van der Waals surface area contributed by atoms with Crippen LogP contribution in [-0.4, -0.2) is 10.1 Å². The third kappa shape index (κ3) is 3.75. The van der Waals surface area contributed by atoms with E-state index in [4.69, 9.17) is 10.8 Å². The number of nitrogens with one attached hydrogen (secondary N) is 2. The maximum absolute atomic E-state index is 7.90. The fraction of sp³-hybridized carbons (Fsp3) is 0. The highest BCUT2D eigenvalue weighted by Crippen LogP contribution is 2.25. The number of benzene rings is 2. The minimum Gasteiger partial charge on any atom is -0.291 e. The van der Waals surface area contributed by atoms with E-state index < -0.39 is 0 Å². The van der Waals surface area contributed by atoms with Gasteiger partial charge in [0, 0.05) is 9.79 Å². The summed E-state index contributed by atoms with van der Waals surface area (Å²) in [7, 11) is 0. The van der Waals surface area contributed by atoms with E-state index in [0.29, 0.717) is 0 Å². The highest BCUT2D eigenvalue weighted by Gasteiger charge is 2.08. The van der Waals surface area contributed by atoms with Gasteiger partial charge in [-0.2, -0.15) is 0 Å². The molecule has 2 rings (SSSR count). The van der Waals surface area contributed by atoms with Crippen molar-refractivity contribution in [3.63, 3.8) is 0 Å². The van der Waals surface area contributed by atoms with Crippen LogP contribution in [0.1, 0.15) is 0 Å². The van der Waals surface area contributed by atoms with Gasteiger partial charge in [-0.25, -0.2) is 0 Å². The molecule has 0 aromatic heterocycles. The molecule has 2 N–H and O–H groups in total. The molecule has 0 aliphatic rings. The van der Waals surface area contributed by atoms with Crippen molar-refractivity contribution in [3.05, 3.63) is 60.7 Å². The number of hydrogen-bond donors (Lipinski definition) is 2. The Hall–Kier alpha value is -1.52. The van der Waals surface area contributed by atoms with Gasteiger partial charge in [0.1, 0.15) is 10.1 Å². The van der Waals surface area contributed by atoms with Crippen LogP contribution in [-0.2, 0) is 0 Å². The van der Waals surface area contributed by atoms with Crippen LogP contribution in [0.3, 0.4) is 0 Å². The molecule has 0 saturated heterocycles. The Bertz CT molecular complexity index is 487. The van der Waals surface area contributed by atoms with Gasteiger partial charge in [0.2, 0.25) is 0 Å². The van der Waals surface area contributed by atoms with E-state index in [1.54, 1.807) is 0 Å². The molecule has 0 fully saturated rings. The first-order valence-electron chi connectivity index (χ1n) is 5.39. The van der Waals surface area contributed by atoms with Gasteiger partial charge in [0.15, 0.2) is 0 Å². The van der Waals surface area contributed by atoms with Crippen LogP contribution in [0.4, 0.5) is 0 Å². The van der Waals surface area contributed by atoms with Gasteiger partial charge in [0.25, 0.3) is 0 Å². The van der Waals surface area contributed by atoms with Gasteiger partial charge in [0.05, 0.1) is 0 Å². The van der Waals surface area contributed by atoms with Crippen LogP contribution in [0.15, 0.2) is 70.5 Å². The molecule has 0 unspecified atom stereocenters. The van der Waals surface area contributed by atoms with Gasteiger partial charge in [-0.05, 0) is 24.3 Å². The van der Waals surface area contributed by atoms with Gasteiger partial charge in [-0.3, -0.25) is 10.8 Å². The Morgan fingerprint density at radius 2 is 0.944 bits per heavy atom. The van der Waals surface area contributed by atoms with Crippen LogP contribution >= 0.6 is 23.5 Å². The number of hydrogen-bond acceptors (Lipinski definition) is 4. The molecule has 18 heavy (non-hydrogen) atoms. The lowest BCUT2D eigenvalue weighted by Gasteiger charge is -2.05. The summed E-state index contributed by atoms with van der Waals surface area (Å²) in [5.41, 5.74) is 0. The van der Waals surface area contributed by atoms with E-state index >= 15 is 0 Å². The summed E-state index contributed by atoms with van der Waals surface area (Å²) >= 11 is 2.62. The standard InChI is InChI=1S/C14H12N2S2/c15-13(17-11-7-3-1-4-8-11)14(16)18-12-9-5-2-6-10-12/h1-10,15-16H. The summed E-state index contributed by atoms with van der Waals surface area (Å²) in [6.45, 7) is 0. The average Bonchev–Trinajstić information content (AvgIpc) is 2.41. The molecule has 0 atom stereocenters. The van der Waals surface area contributed by atoms with Gasteiger partial charge < -0.3 is 0 Å². The molecule has 0 saturated carbocycles. The van der Waals surface area contributed by atoms with E-state index in [9.17, 15) is 0 Å². The van der Waals surface area contributed by atoms with Gasteiger partial charge in [-0.1, -0.05) is 59.9 Å². The molecule has 0 radical (unpaired) electrons. The van der Waals surface area contributed by atoms with Crippen LogP contribution in [0.5, 0.6) is 0 Å². The molecule has 0 amide bonds. The van der Waals surface area contributed by atoms with Gasteiger partial charge in [-0.15, -0.1) is 0 Å². The zero-order valence-electron chi connectivity index (χ0n) is 9.59. The zero-order valence-corrected chi connectivity index (χ0v) is 11.2. The van der Waals surface area contributed by atoms with Crippen molar-refractivity contribution >= 4 is 33.6 Å². The molecular weight excluding hydrogens is 260 g/mol. The van der Waals surface area contributed by atoms with Crippen molar-refractivity contribution in [2.75, 3.05) is 0 Å². The molecule has 0 aliphatic heterocycles. The monoisotopic (exact) mass is 272 g/mol. The highest BCUT2D eigenvalue weighted by atomic mass is 32.2. The first kappa shape index (κ1) is 12.9. The zero-order chi connectivity index (χ0) is 12.8. The molecule has 0 spiro atoms. The normalized spacial score (nSPS) is 10.0. The predicted molar refractivity (Wildman–Crippen MR) is 80.1 cm³/mol. The topological polar surface area (TPSA) is 47.7 Å². The maximum atomic E-state index is 7.90. The Morgan fingerprint density at radius 1 is 0.611 bits per heavy atom. The second kappa shape index (κ2) is 6.42. The van der Waals surface area contributed by atoms with E-state index in [2.05, 4.69) is 0 Å². The van der Waals surface area contributed by atoms with E-state index in [-0.39, 0.29) is 10.1 Å². The van der Waals surface area contributed by atoms with E-state index in [1.165, 1.54) is 23.5 Å². The van der Waals surface area contributed by atoms with Crippen molar-refractivity contribution in [1.29, 1.82) is 10.8 Å². The molecule has 2 aromatic carbocycles. The van der Waals surface area contributed by atoms with Crippen LogP contribution < -0.4 is 0 Å². The molecule has 0 aliphatic carbocycles. The van der Waals surface area contributed by atoms with Crippen molar-refractivity contribution in [2.24, 2.45) is 0 Å². The minimum absolute atomic E-state index is 0.273. The first-order chi connectivity index (χ1) is 8.75. The second-order valence-electron chi connectivity index (χ2n) is 3.49. The predicted octanol–water partition coefficient (Wildman–Crippen LogP) is 4.53. The maximum Gasteiger partial charge on any atom is 0.124 e. The number of rotatable bonds is 2. The molecule has 2 aromatic rings. The molecular formula is C14H12N2S2. The van der Waals surface area contributed by atoms with E-state index in [0.717, 1.165) is 9.79 Å². The van der Waals surface area contributed by atoms with E-state index in [1.807, 2.05) is 60.7 Å². The summed E-state index contributed by atoms with van der Waals surface area (Å²) in [5.74, 6) is 0. The van der Waals surface area contributed by atoms with Crippen LogP contribution in [0.2, 0.25) is 0 Å². The van der Waals surface area contributed by atoms with Crippen molar-refractivity contribution < 1.29 is 0 Å². The Kier molecular flexibility index (Phi) is 4.61. The lowest BCUT2D eigenvalue weighted by Crippen LogP contribution is -2.02. The number of thioether (sulfide) groups is 2. The molecule has 0 bridgehead atoms. The van der Waals surface area contributed by atoms with Crippen molar-refractivity contribution in [1.82, 2.24) is 0 Å². The summed E-state index contributed by atoms with van der Waals surface area (Å²) < 4.78 is 0. The quantitative estimate of drug-likeness (QED) is 0.479. The summed E-state index contributed by atoms with van der Waals surface area (Å²) in [5, 5.41) is 16.3. The minimum atomic E-state index is 0.273. The summed E-state index contributed by atoms with van der Waals surface area (Å²) in [6, 6.07) is 19.4. The van der Waals surface area contributed by atoms with Crippen LogP contribution in [0.25, 0.3) is 0 Å². The summed E-state index contributed by atoms with van der Waals surface area (Å²) in [6.07, 6.45) is 0. The Labute approximate surface area is 115 Å². The van der Waals surface area contributed by atoms with Gasteiger partial charge >= 0.3 is 0 Å². The molecule has 4 heteroatoms. The Balaban J connectivity index is 1.96. The lowest BCUT2D eigenvalue weighted by atomic mass is 10.4. The smallest absolute Gasteiger partial charge is 0.124 e. The lowest BCUT2D eigenvalue weighted by molar-refractivity contribution is 1.46. The van der Waals surface area contributed by atoms with Crippen LogP contribution in [0, 0.1) is 10.8 Å². The van der Waals surface area contributed by atoms with Crippen molar-refractivity contribution in [2.45, 2.75) is 9.79 Å². The third-order valence-corrected chi connectivity index (χ3v) is 4.09. The second-order valence-corrected chi connectivity index (χ2v) is 5.66. The summed E-state index contributed by atoms with van der Waals surface area (Å²) in [4.78, 5) is 1.97. The fourth-order valence-electron chi connectivity index (χ4n) is 1.31. The highest BCUT2D eigenvalue weighted by molar-refractivity contribution is 8.25. The largest absolute Gasteiger partial charge is 0.291 e. The third-order valence-electron chi connectivity index (χ3n) is 2.13. The molecule has 2 nitrogen and oxygen atoms in total. The molecule has 0 heterocycles. The SMILES string of the molecule is N=C(Sc1ccccc1)C(=N)Sc1ccccc1. The fourth-order valence-corrected chi connectivity index (χ4v) is 2.80.